The normalized spacial score (nSPS) is 21.1. The highest BCUT2D eigenvalue weighted by Gasteiger charge is 2.41. The lowest BCUT2D eigenvalue weighted by atomic mass is 9.92. The van der Waals surface area contributed by atoms with Gasteiger partial charge in [0.05, 0.1) is 11.6 Å². The second-order valence-corrected chi connectivity index (χ2v) is 7.67. The highest BCUT2D eigenvalue weighted by atomic mass is 19.4. The standard InChI is InChI=1S/C23H22F3NO2/c1-15-11-17(7-10-21(15)23(24,25)26)18-12-19-8-9-20(13-18)27(19)22(28)29-14-16-5-3-2-4-6-16/h2-7,10-12,19-20H,8-9,13-14H2,1H3. The second kappa shape index (κ2) is 7.58. The second-order valence-electron chi connectivity index (χ2n) is 7.67. The molecule has 0 aromatic heterocycles. The molecule has 2 aromatic carbocycles. The van der Waals surface area contributed by atoms with Crippen LogP contribution in [0.3, 0.4) is 0 Å². The molecule has 0 radical (unpaired) electrons. The van der Waals surface area contributed by atoms with Crippen molar-refractivity contribution in [3.63, 3.8) is 0 Å². The summed E-state index contributed by atoms with van der Waals surface area (Å²) in [6, 6.07) is 13.7. The summed E-state index contributed by atoms with van der Waals surface area (Å²) in [5.74, 6) is 0. The van der Waals surface area contributed by atoms with Gasteiger partial charge in [-0.2, -0.15) is 13.2 Å². The molecule has 0 aliphatic carbocycles. The Morgan fingerprint density at radius 2 is 1.90 bits per heavy atom. The smallest absolute Gasteiger partial charge is 0.416 e. The number of carbonyl (C=O) groups excluding carboxylic acids is 1. The van der Waals surface area contributed by atoms with E-state index in [2.05, 4.69) is 0 Å². The molecule has 3 nitrogen and oxygen atoms in total. The molecule has 2 heterocycles. The summed E-state index contributed by atoms with van der Waals surface area (Å²) in [4.78, 5) is 14.4. The summed E-state index contributed by atoms with van der Waals surface area (Å²) in [5, 5.41) is 0. The van der Waals surface area contributed by atoms with Crippen LogP contribution in [0.1, 0.15) is 41.5 Å². The predicted octanol–water partition coefficient (Wildman–Crippen LogP) is 5.97. The van der Waals surface area contributed by atoms with Crippen molar-refractivity contribution >= 4 is 11.7 Å². The van der Waals surface area contributed by atoms with Crippen LogP contribution in [-0.2, 0) is 17.5 Å². The molecule has 2 bridgehead atoms. The number of hydrogen-bond donors (Lipinski definition) is 0. The Kier molecular flexibility index (Phi) is 5.11. The van der Waals surface area contributed by atoms with E-state index in [1.54, 1.807) is 11.0 Å². The molecule has 0 saturated carbocycles. The first-order valence-electron chi connectivity index (χ1n) is 9.71. The van der Waals surface area contributed by atoms with E-state index in [1.165, 1.54) is 13.0 Å². The number of fused-ring (bicyclic) bond motifs is 2. The first-order chi connectivity index (χ1) is 13.8. The lowest BCUT2D eigenvalue weighted by Crippen LogP contribution is -2.43. The van der Waals surface area contributed by atoms with Gasteiger partial charge in [-0.15, -0.1) is 0 Å². The van der Waals surface area contributed by atoms with E-state index in [-0.39, 0.29) is 30.3 Å². The number of rotatable bonds is 3. The minimum absolute atomic E-state index is 0.0193. The molecule has 152 valence electrons. The number of alkyl halides is 3. The maximum atomic E-state index is 13.0. The van der Waals surface area contributed by atoms with E-state index in [0.29, 0.717) is 6.42 Å². The zero-order chi connectivity index (χ0) is 20.6. The molecule has 2 unspecified atom stereocenters. The Morgan fingerprint density at radius 3 is 2.55 bits per heavy atom. The molecule has 1 saturated heterocycles. The highest BCUT2D eigenvalue weighted by Crippen LogP contribution is 2.40. The van der Waals surface area contributed by atoms with Crippen LogP contribution in [0.5, 0.6) is 0 Å². The molecule has 2 aliphatic rings. The molecule has 2 aliphatic heterocycles. The average Bonchev–Trinajstić information content (AvgIpc) is 2.95. The summed E-state index contributed by atoms with van der Waals surface area (Å²) in [5.41, 5.74) is 2.34. The number of amides is 1. The highest BCUT2D eigenvalue weighted by molar-refractivity contribution is 5.75. The van der Waals surface area contributed by atoms with Crippen molar-refractivity contribution in [2.45, 2.75) is 51.1 Å². The van der Waals surface area contributed by atoms with Gasteiger partial charge >= 0.3 is 12.3 Å². The van der Waals surface area contributed by atoms with E-state index < -0.39 is 11.7 Å². The van der Waals surface area contributed by atoms with Crippen molar-refractivity contribution in [1.29, 1.82) is 0 Å². The van der Waals surface area contributed by atoms with E-state index in [1.807, 2.05) is 36.4 Å². The lowest BCUT2D eigenvalue weighted by Gasteiger charge is -2.33. The average molecular weight is 401 g/mol. The molecule has 1 fully saturated rings. The topological polar surface area (TPSA) is 29.5 Å². The van der Waals surface area contributed by atoms with Crippen molar-refractivity contribution in [2.24, 2.45) is 0 Å². The van der Waals surface area contributed by atoms with Gasteiger partial charge < -0.3 is 4.74 Å². The fourth-order valence-electron chi connectivity index (χ4n) is 4.30. The van der Waals surface area contributed by atoms with E-state index in [0.717, 1.165) is 35.6 Å². The summed E-state index contributed by atoms with van der Waals surface area (Å²) < 4.78 is 44.6. The number of hydrogen-bond acceptors (Lipinski definition) is 2. The van der Waals surface area contributed by atoms with Gasteiger partial charge in [-0.3, -0.25) is 4.90 Å². The largest absolute Gasteiger partial charge is 0.445 e. The quantitative estimate of drug-likeness (QED) is 0.634. The van der Waals surface area contributed by atoms with Crippen LogP contribution in [0.25, 0.3) is 5.57 Å². The number of ether oxygens (including phenoxy) is 1. The molecule has 2 aromatic rings. The van der Waals surface area contributed by atoms with Crippen molar-refractivity contribution in [3.8, 4) is 0 Å². The first kappa shape index (κ1) is 19.6. The molecule has 2 atom stereocenters. The van der Waals surface area contributed by atoms with Crippen LogP contribution in [-0.4, -0.2) is 23.1 Å². The SMILES string of the molecule is Cc1cc(C2=CC3CCC(C2)N3C(=O)OCc2ccccc2)ccc1C(F)(F)F. The minimum atomic E-state index is -4.35. The van der Waals surface area contributed by atoms with Crippen LogP contribution in [0.4, 0.5) is 18.0 Å². The molecule has 0 N–H and O–H groups in total. The Morgan fingerprint density at radius 1 is 1.14 bits per heavy atom. The van der Waals surface area contributed by atoms with E-state index >= 15 is 0 Å². The van der Waals surface area contributed by atoms with E-state index in [4.69, 9.17) is 4.74 Å². The van der Waals surface area contributed by atoms with Crippen LogP contribution in [0.15, 0.2) is 54.6 Å². The number of halogens is 3. The number of aryl methyl sites for hydroxylation is 1. The van der Waals surface area contributed by atoms with Crippen molar-refractivity contribution in [2.75, 3.05) is 0 Å². The Labute approximate surface area is 167 Å². The van der Waals surface area contributed by atoms with Gasteiger partial charge in [-0.25, -0.2) is 4.79 Å². The van der Waals surface area contributed by atoms with Crippen LogP contribution < -0.4 is 0 Å². The predicted molar refractivity (Wildman–Crippen MR) is 104 cm³/mol. The van der Waals surface area contributed by atoms with Gasteiger partial charge in [0.25, 0.3) is 0 Å². The molecular formula is C23H22F3NO2. The summed E-state index contributed by atoms with van der Waals surface area (Å²) in [7, 11) is 0. The summed E-state index contributed by atoms with van der Waals surface area (Å²) in [6.07, 6.45) is -0.335. The van der Waals surface area contributed by atoms with Crippen molar-refractivity contribution in [1.82, 2.24) is 4.90 Å². The molecular weight excluding hydrogens is 379 g/mol. The van der Waals surface area contributed by atoms with Crippen LogP contribution in [0, 0.1) is 6.92 Å². The first-order valence-corrected chi connectivity index (χ1v) is 9.71. The minimum Gasteiger partial charge on any atom is -0.445 e. The number of benzene rings is 2. The van der Waals surface area contributed by atoms with Gasteiger partial charge in [-0.05, 0) is 54.5 Å². The van der Waals surface area contributed by atoms with Gasteiger partial charge in [0, 0.05) is 6.04 Å². The third-order valence-electron chi connectivity index (χ3n) is 5.71. The maximum absolute atomic E-state index is 13.0. The Bertz CT molecular complexity index is 937. The Balaban J connectivity index is 1.48. The number of carbonyl (C=O) groups is 1. The molecule has 4 rings (SSSR count). The molecule has 29 heavy (non-hydrogen) atoms. The summed E-state index contributed by atoms with van der Waals surface area (Å²) in [6.45, 7) is 1.71. The maximum Gasteiger partial charge on any atom is 0.416 e. The molecule has 1 amide bonds. The lowest BCUT2D eigenvalue weighted by molar-refractivity contribution is -0.138. The summed E-state index contributed by atoms with van der Waals surface area (Å²) >= 11 is 0. The van der Waals surface area contributed by atoms with Gasteiger partial charge in [0.1, 0.15) is 6.61 Å². The van der Waals surface area contributed by atoms with Crippen molar-refractivity contribution < 1.29 is 22.7 Å². The van der Waals surface area contributed by atoms with Crippen LogP contribution >= 0.6 is 0 Å². The van der Waals surface area contributed by atoms with Crippen molar-refractivity contribution in [3.05, 3.63) is 76.9 Å². The van der Waals surface area contributed by atoms with E-state index in [9.17, 15) is 18.0 Å². The van der Waals surface area contributed by atoms with Gasteiger partial charge in [0.2, 0.25) is 0 Å². The Hall–Kier alpha value is -2.76. The fraction of sp³-hybridized carbons (Fsp3) is 0.348. The third kappa shape index (κ3) is 4.02. The zero-order valence-electron chi connectivity index (χ0n) is 16.1. The molecule has 6 heteroatoms. The monoisotopic (exact) mass is 401 g/mol. The third-order valence-corrected chi connectivity index (χ3v) is 5.71. The zero-order valence-corrected chi connectivity index (χ0v) is 16.1. The van der Waals surface area contributed by atoms with Gasteiger partial charge in [0.15, 0.2) is 0 Å². The fourth-order valence-corrected chi connectivity index (χ4v) is 4.30. The number of nitrogens with zero attached hydrogens (tertiary/aromatic N) is 1. The van der Waals surface area contributed by atoms with Crippen LogP contribution in [0.2, 0.25) is 0 Å². The van der Waals surface area contributed by atoms with Gasteiger partial charge in [-0.1, -0.05) is 48.5 Å². The molecule has 0 spiro atoms.